The maximum atomic E-state index is 5.41. The van der Waals surface area contributed by atoms with Crippen LogP contribution in [0.5, 0.6) is 0 Å². The average Bonchev–Trinajstić information content (AvgIpc) is 2.99. The van der Waals surface area contributed by atoms with Crippen LogP contribution in [-0.2, 0) is 4.74 Å². The Morgan fingerprint density at radius 2 is 2.10 bits per heavy atom. The van der Waals surface area contributed by atoms with Crippen molar-refractivity contribution in [3.05, 3.63) is 24.3 Å². The number of benzene rings is 1. The molecule has 1 atom stereocenters. The molecule has 1 N–H and O–H groups in total. The van der Waals surface area contributed by atoms with Gasteiger partial charge in [0.15, 0.2) is 0 Å². The molecule has 1 fully saturated rings. The molecule has 0 bridgehead atoms. The van der Waals surface area contributed by atoms with Gasteiger partial charge in [-0.15, -0.1) is 0 Å². The van der Waals surface area contributed by atoms with Crippen LogP contribution in [0.3, 0.4) is 0 Å². The summed E-state index contributed by atoms with van der Waals surface area (Å²) >= 11 is 0. The summed E-state index contributed by atoms with van der Waals surface area (Å²) in [7, 11) is 2.18. The van der Waals surface area contributed by atoms with Gasteiger partial charge in [-0.3, -0.25) is 0 Å². The van der Waals surface area contributed by atoms with Gasteiger partial charge in [-0.05, 0) is 24.5 Å². The Hall–Kier alpha value is -1.26. The molecule has 20 heavy (non-hydrogen) atoms. The normalized spacial score (nSPS) is 22.1. The Balaban J connectivity index is 1.49. The molecular formula is C16H25N3O. The zero-order valence-corrected chi connectivity index (χ0v) is 12.3. The van der Waals surface area contributed by atoms with Crippen LogP contribution in [0.2, 0.25) is 0 Å². The van der Waals surface area contributed by atoms with Gasteiger partial charge in [0.1, 0.15) is 0 Å². The summed E-state index contributed by atoms with van der Waals surface area (Å²) in [5.41, 5.74) is 2.72. The van der Waals surface area contributed by atoms with E-state index in [0.717, 1.165) is 51.9 Å². The third-order valence-electron chi connectivity index (χ3n) is 4.35. The fourth-order valence-corrected chi connectivity index (χ4v) is 3.06. The molecule has 2 heterocycles. The number of nitrogens with zero attached hydrogens (tertiary/aromatic N) is 2. The largest absolute Gasteiger partial charge is 0.381 e. The molecule has 2 aliphatic heterocycles. The van der Waals surface area contributed by atoms with E-state index in [1.165, 1.54) is 17.8 Å². The molecule has 1 aromatic carbocycles. The molecule has 0 aromatic heterocycles. The lowest BCUT2D eigenvalue weighted by Gasteiger charge is -2.37. The Kier molecular flexibility index (Phi) is 4.43. The predicted molar refractivity (Wildman–Crippen MR) is 83.7 cm³/mol. The number of hydrogen-bond acceptors (Lipinski definition) is 4. The van der Waals surface area contributed by atoms with Crippen molar-refractivity contribution >= 4 is 11.4 Å². The molecule has 1 unspecified atom stereocenters. The predicted octanol–water partition coefficient (Wildman–Crippen LogP) is 1.57. The molecule has 0 radical (unpaired) electrons. The standard InChI is InChI=1S/C16H25N3O/c1-18-9-10-19(16-5-3-2-4-15(16)18)8-7-17-12-14-6-11-20-13-14/h2-5,14,17H,6-13H2,1H3. The fraction of sp³-hybridized carbons (Fsp3) is 0.625. The third-order valence-corrected chi connectivity index (χ3v) is 4.35. The molecule has 4 heteroatoms. The third kappa shape index (κ3) is 3.07. The lowest BCUT2D eigenvalue weighted by molar-refractivity contribution is 0.185. The Morgan fingerprint density at radius 1 is 1.25 bits per heavy atom. The van der Waals surface area contributed by atoms with Crippen molar-refractivity contribution in [2.75, 3.05) is 62.8 Å². The minimum Gasteiger partial charge on any atom is -0.381 e. The molecular weight excluding hydrogens is 250 g/mol. The number of fused-ring (bicyclic) bond motifs is 1. The van der Waals surface area contributed by atoms with Crippen molar-refractivity contribution in [3.8, 4) is 0 Å². The number of para-hydroxylation sites is 2. The van der Waals surface area contributed by atoms with Gasteiger partial charge >= 0.3 is 0 Å². The van der Waals surface area contributed by atoms with E-state index in [-0.39, 0.29) is 0 Å². The summed E-state index contributed by atoms with van der Waals surface area (Å²) in [6.07, 6.45) is 1.21. The summed E-state index contributed by atoms with van der Waals surface area (Å²) in [5, 5.41) is 3.58. The van der Waals surface area contributed by atoms with E-state index in [0.29, 0.717) is 0 Å². The van der Waals surface area contributed by atoms with Gasteiger partial charge in [-0.25, -0.2) is 0 Å². The van der Waals surface area contributed by atoms with E-state index in [4.69, 9.17) is 4.74 Å². The van der Waals surface area contributed by atoms with Gasteiger partial charge in [0, 0.05) is 46.4 Å². The van der Waals surface area contributed by atoms with Gasteiger partial charge in [-0.2, -0.15) is 0 Å². The Morgan fingerprint density at radius 3 is 2.90 bits per heavy atom. The fourth-order valence-electron chi connectivity index (χ4n) is 3.06. The second kappa shape index (κ2) is 6.46. The van der Waals surface area contributed by atoms with E-state index >= 15 is 0 Å². The monoisotopic (exact) mass is 275 g/mol. The van der Waals surface area contributed by atoms with Crippen LogP contribution in [0.15, 0.2) is 24.3 Å². The summed E-state index contributed by atoms with van der Waals surface area (Å²) in [4.78, 5) is 4.84. The number of ether oxygens (including phenoxy) is 1. The van der Waals surface area contributed by atoms with Crippen LogP contribution < -0.4 is 15.1 Å². The van der Waals surface area contributed by atoms with Gasteiger partial charge in [-0.1, -0.05) is 12.1 Å². The van der Waals surface area contributed by atoms with Crippen molar-refractivity contribution in [2.45, 2.75) is 6.42 Å². The highest BCUT2D eigenvalue weighted by Crippen LogP contribution is 2.31. The molecule has 3 rings (SSSR count). The zero-order chi connectivity index (χ0) is 13.8. The second-order valence-electron chi connectivity index (χ2n) is 5.83. The van der Waals surface area contributed by atoms with E-state index in [9.17, 15) is 0 Å². The van der Waals surface area contributed by atoms with Crippen LogP contribution >= 0.6 is 0 Å². The minimum absolute atomic E-state index is 0.717. The average molecular weight is 275 g/mol. The first-order valence-electron chi connectivity index (χ1n) is 7.68. The smallest absolute Gasteiger partial charge is 0.0605 e. The zero-order valence-electron chi connectivity index (χ0n) is 12.3. The van der Waals surface area contributed by atoms with Crippen molar-refractivity contribution in [1.82, 2.24) is 5.32 Å². The molecule has 2 aliphatic rings. The SMILES string of the molecule is CN1CCN(CCNCC2CCOC2)c2ccccc21. The summed E-state index contributed by atoms with van der Waals surface area (Å²) < 4.78 is 5.41. The summed E-state index contributed by atoms with van der Waals surface area (Å²) in [6.45, 7) is 7.32. The van der Waals surface area contributed by atoms with Crippen LogP contribution in [0, 0.1) is 5.92 Å². The van der Waals surface area contributed by atoms with E-state index in [1.54, 1.807) is 0 Å². The number of anilines is 2. The van der Waals surface area contributed by atoms with E-state index < -0.39 is 0 Å². The van der Waals surface area contributed by atoms with Gasteiger partial charge < -0.3 is 19.9 Å². The summed E-state index contributed by atoms with van der Waals surface area (Å²) in [6, 6.07) is 8.70. The first-order chi connectivity index (χ1) is 9.84. The Bertz CT molecular complexity index is 431. The minimum atomic E-state index is 0.717. The van der Waals surface area contributed by atoms with E-state index in [2.05, 4.69) is 46.4 Å². The number of rotatable bonds is 5. The lowest BCUT2D eigenvalue weighted by Crippen LogP contribution is -2.42. The van der Waals surface area contributed by atoms with Gasteiger partial charge in [0.25, 0.3) is 0 Å². The maximum absolute atomic E-state index is 5.41. The van der Waals surface area contributed by atoms with Gasteiger partial charge in [0.05, 0.1) is 18.0 Å². The van der Waals surface area contributed by atoms with Crippen molar-refractivity contribution in [3.63, 3.8) is 0 Å². The molecule has 0 amide bonds. The molecule has 4 nitrogen and oxygen atoms in total. The molecule has 110 valence electrons. The van der Waals surface area contributed by atoms with Crippen molar-refractivity contribution in [2.24, 2.45) is 5.92 Å². The number of likely N-dealkylation sites (N-methyl/N-ethyl adjacent to an activating group) is 1. The van der Waals surface area contributed by atoms with Gasteiger partial charge in [0.2, 0.25) is 0 Å². The highest BCUT2D eigenvalue weighted by Gasteiger charge is 2.19. The quantitative estimate of drug-likeness (QED) is 0.826. The second-order valence-corrected chi connectivity index (χ2v) is 5.83. The lowest BCUT2D eigenvalue weighted by atomic mass is 10.1. The topological polar surface area (TPSA) is 27.7 Å². The molecule has 1 saturated heterocycles. The highest BCUT2D eigenvalue weighted by atomic mass is 16.5. The van der Waals surface area contributed by atoms with Crippen molar-refractivity contribution < 1.29 is 4.74 Å². The van der Waals surface area contributed by atoms with Crippen LogP contribution in [0.4, 0.5) is 11.4 Å². The first-order valence-corrected chi connectivity index (χ1v) is 7.68. The Labute approximate surface area is 121 Å². The molecule has 0 aliphatic carbocycles. The summed E-state index contributed by atoms with van der Waals surface area (Å²) in [5.74, 6) is 0.717. The van der Waals surface area contributed by atoms with Crippen LogP contribution in [0.1, 0.15) is 6.42 Å². The van der Waals surface area contributed by atoms with Crippen LogP contribution in [-0.4, -0.2) is 53.0 Å². The highest BCUT2D eigenvalue weighted by molar-refractivity contribution is 5.73. The van der Waals surface area contributed by atoms with E-state index in [1.807, 2.05) is 0 Å². The number of nitrogens with one attached hydrogen (secondary N) is 1. The van der Waals surface area contributed by atoms with Crippen molar-refractivity contribution in [1.29, 1.82) is 0 Å². The van der Waals surface area contributed by atoms with Crippen LogP contribution in [0.25, 0.3) is 0 Å². The molecule has 0 saturated carbocycles. The first kappa shape index (κ1) is 13.7. The molecule has 0 spiro atoms. The molecule has 1 aromatic rings. The number of hydrogen-bond donors (Lipinski definition) is 1. The maximum Gasteiger partial charge on any atom is 0.0605 e.